The maximum atomic E-state index is 12.7. The number of amides is 2. The maximum absolute atomic E-state index is 12.7. The number of urea groups is 1. The smallest absolute Gasteiger partial charge is 0.331 e. The number of nitrogens with one attached hydrogen (secondary N) is 2. The van der Waals surface area contributed by atoms with Gasteiger partial charge in [-0.25, -0.2) is 9.59 Å². The van der Waals surface area contributed by atoms with Crippen molar-refractivity contribution in [2.75, 3.05) is 6.61 Å². The molecule has 160 valence electrons. The van der Waals surface area contributed by atoms with Gasteiger partial charge in [0.2, 0.25) is 0 Å². The highest BCUT2D eigenvalue weighted by Gasteiger charge is 2.32. The number of ether oxygens (including phenoxy) is 1. The molecule has 2 unspecified atom stereocenters. The summed E-state index contributed by atoms with van der Waals surface area (Å²) in [5, 5.41) is 16.1. The number of aliphatic hydroxyl groups excluding tert-OH is 1. The molecule has 2 aromatic rings. The number of hydrogen-bond donors (Lipinski definition) is 3. The Kier molecular flexibility index (Phi) is 7.78. The Balaban J connectivity index is 2.19. The molecular formula is C24H30N2O4. The number of hydrogen-bond acceptors (Lipinski definition) is 4. The lowest BCUT2D eigenvalue weighted by atomic mass is 9.92. The zero-order chi connectivity index (χ0) is 22.3. The van der Waals surface area contributed by atoms with Crippen molar-refractivity contribution < 1.29 is 19.4 Å². The maximum Gasteiger partial charge on any atom is 0.331 e. The van der Waals surface area contributed by atoms with Crippen molar-refractivity contribution in [2.24, 2.45) is 0 Å². The van der Waals surface area contributed by atoms with Crippen LogP contribution in [0.15, 0.2) is 61.2 Å². The van der Waals surface area contributed by atoms with Crippen LogP contribution in [0.5, 0.6) is 0 Å². The van der Waals surface area contributed by atoms with Gasteiger partial charge in [0, 0.05) is 0 Å². The molecule has 6 nitrogen and oxygen atoms in total. The van der Waals surface area contributed by atoms with Gasteiger partial charge >= 0.3 is 12.0 Å². The van der Waals surface area contributed by atoms with Crippen molar-refractivity contribution in [2.45, 2.75) is 45.4 Å². The lowest BCUT2D eigenvalue weighted by Gasteiger charge is -2.30. The lowest BCUT2D eigenvalue weighted by Crippen LogP contribution is -2.53. The number of carbonyl (C=O) groups excluding carboxylic acids is 2. The van der Waals surface area contributed by atoms with Crippen LogP contribution in [0.2, 0.25) is 0 Å². The molecule has 0 aliphatic rings. The predicted octanol–water partition coefficient (Wildman–Crippen LogP) is 3.92. The molecule has 0 aliphatic carbocycles. The number of benzene rings is 2. The van der Waals surface area contributed by atoms with Gasteiger partial charge in [0.25, 0.3) is 0 Å². The third kappa shape index (κ3) is 5.94. The summed E-state index contributed by atoms with van der Waals surface area (Å²) in [6, 6.07) is 14.6. The van der Waals surface area contributed by atoms with Crippen LogP contribution in [0, 0.1) is 0 Å². The SMILES string of the molecule is C=C(C)c1cccc(C(C)(C)NC(=O)NC(C(=O)OCC)C(O)c2ccccc2)c1. The highest BCUT2D eigenvalue weighted by atomic mass is 16.5. The van der Waals surface area contributed by atoms with Crippen molar-refractivity contribution in [3.63, 3.8) is 0 Å². The molecular weight excluding hydrogens is 380 g/mol. The van der Waals surface area contributed by atoms with Gasteiger partial charge in [-0.3, -0.25) is 0 Å². The lowest BCUT2D eigenvalue weighted by molar-refractivity contribution is -0.148. The van der Waals surface area contributed by atoms with Crippen LogP contribution in [0.3, 0.4) is 0 Å². The minimum absolute atomic E-state index is 0.138. The number of aliphatic hydroxyl groups is 1. The molecule has 3 N–H and O–H groups in total. The first-order chi connectivity index (χ1) is 14.2. The van der Waals surface area contributed by atoms with Gasteiger partial charge in [0.1, 0.15) is 6.10 Å². The number of carbonyl (C=O) groups is 2. The Morgan fingerprint density at radius 1 is 1.13 bits per heavy atom. The van der Waals surface area contributed by atoms with E-state index in [1.54, 1.807) is 37.3 Å². The molecule has 2 atom stereocenters. The Morgan fingerprint density at radius 3 is 2.40 bits per heavy atom. The summed E-state index contributed by atoms with van der Waals surface area (Å²) >= 11 is 0. The second kappa shape index (κ2) is 10.1. The Labute approximate surface area is 178 Å². The van der Waals surface area contributed by atoms with E-state index in [-0.39, 0.29) is 6.61 Å². The van der Waals surface area contributed by atoms with Gasteiger partial charge in [-0.2, -0.15) is 0 Å². The van der Waals surface area contributed by atoms with E-state index in [1.165, 1.54) is 0 Å². The Bertz CT molecular complexity index is 893. The molecule has 30 heavy (non-hydrogen) atoms. The third-order valence-corrected chi connectivity index (χ3v) is 4.79. The first kappa shape index (κ1) is 23.2. The number of rotatable bonds is 8. The van der Waals surface area contributed by atoms with Crippen molar-refractivity contribution in [1.82, 2.24) is 10.6 Å². The topological polar surface area (TPSA) is 87.7 Å². The number of allylic oxidation sites excluding steroid dienone is 1. The Hall–Kier alpha value is -3.12. The molecule has 0 aliphatic heterocycles. The van der Waals surface area contributed by atoms with Crippen LogP contribution < -0.4 is 10.6 Å². The van der Waals surface area contributed by atoms with Gasteiger partial charge in [0.05, 0.1) is 12.1 Å². The molecule has 0 spiro atoms. The highest BCUT2D eigenvalue weighted by Crippen LogP contribution is 2.24. The van der Waals surface area contributed by atoms with Crippen LogP contribution >= 0.6 is 0 Å². The summed E-state index contributed by atoms with van der Waals surface area (Å²) in [6.07, 6.45) is -1.24. The van der Waals surface area contributed by atoms with E-state index < -0.39 is 29.7 Å². The second-order valence-electron chi connectivity index (χ2n) is 7.67. The van der Waals surface area contributed by atoms with Gasteiger partial charge in [0.15, 0.2) is 6.04 Å². The standard InChI is InChI=1S/C24H30N2O4/c1-6-30-22(28)20(21(27)17-11-8-7-9-12-17)25-23(29)26-24(4,5)19-14-10-13-18(15-19)16(2)3/h7-15,20-21,27H,2,6H2,1,3-5H3,(H2,25,26,29). The molecule has 6 heteroatoms. The molecule has 2 amide bonds. The van der Waals surface area contributed by atoms with Crippen molar-refractivity contribution >= 4 is 17.6 Å². The van der Waals surface area contributed by atoms with Gasteiger partial charge < -0.3 is 20.5 Å². The van der Waals surface area contributed by atoms with E-state index in [2.05, 4.69) is 17.2 Å². The molecule has 0 heterocycles. The predicted molar refractivity (Wildman–Crippen MR) is 118 cm³/mol. The zero-order valence-electron chi connectivity index (χ0n) is 17.9. The molecule has 0 saturated carbocycles. The fraction of sp³-hybridized carbons (Fsp3) is 0.333. The van der Waals surface area contributed by atoms with Crippen LogP contribution in [-0.2, 0) is 15.1 Å². The molecule has 0 saturated heterocycles. The molecule has 2 aromatic carbocycles. The quantitative estimate of drug-likeness (QED) is 0.576. The fourth-order valence-corrected chi connectivity index (χ4v) is 3.05. The molecule has 0 radical (unpaired) electrons. The van der Waals surface area contributed by atoms with Crippen molar-refractivity contribution in [3.05, 3.63) is 77.9 Å². The summed E-state index contributed by atoms with van der Waals surface area (Å²) in [4.78, 5) is 25.2. The largest absolute Gasteiger partial charge is 0.464 e. The van der Waals surface area contributed by atoms with Gasteiger partial charge in [-0.15, -0.1) is 0 Å². The van der Waals surface area contributed by atoms with E-state index in [1.807, 2.05) is 45.0 Å². The van der Waals surface area contributed by atoms with E-state index in [4.69, 9.17) is 4.74 Å². The van der Waals surface area contributed by atoms with Crippen LogP contribution in [0.4, 0.5) is 4.79 Å². The zero-order valence-corrected chi connectivity index (χ0v) is 17.9. The van der Waals surface area contributed by atoms with E-state index in [9.17, 15) is 14.7 Å². The minimum atomic E-state index is -1.25. The van der Waals surface area contributed by atoms with Gasteiger partial charge in [-0.1, -0.05) is 60.7 Å². The molecule has 0 aromatic heterocycles. The summed E-state index contributed by atoms with van der Waals surface area (Å²) in [6.45, 7) is 11.4. The van der Waals surface area contributed by atoms with Gasteiger partial charge in [-0.05, 0) is 50.5 Å². The summed E-state index contributed by atoms with van der Waals surface area (Å²) in [5.41, 5.74) is 2.56. The third-order valence-electron chi connectivity index (χ3n) is 4.79. The summed E-state index contributed by atoms with van der Waals surface area (Å²) in [7, 11) is 0. The monoisotopic (exact) mass is 410 g/mol. The molecule has 2 rings (SSSR count). The number of esters is 1. The normalized spacial score (nSPS) is 13.1. The average molecular weight is 411 g/mol. The van der Waals surface area contributed by atoms with Crippen LogP contribution in [0.1, 0.15) is 50.5 Å². The van der Waals surface area contributed by atoms with Crippen LogP contribution in [0.25, 0.3) is 5.57 Å². The van der Waals surface area contributed by atoms with E-state index >= 15 is 0 Å². The average Bonchev–Trinajstić information content (AvgIpc) is 2.72. The minimum Gasteiger partial charge on any atom is -0.464 e. The van der Waals surface area contributed by atoms with E-state index in [0.717, 1.165) is 16.7 Å². The van der Waals surface area contributed by atoms with E-state index in [0.29, 0.717) is 5.56 Å². The first-order valence-electron chi connectivity index (χ1n) is 9.90. The van der Waals surface area contributed by atoms with Crippen molar-refractivity contribution in [1.29, 1.82) is 0 Å². The first-order valence-corrected chi connectivity index (χ1v) is 9.90. The molecule has 0 bridgehead atoms. The Morgan fingerprint density at radius 2 is 1.80 bits per heavy atom. The highest BCUT2D eigenvalue weighted by molar-refractivity contribution is 5.84. The summed E-state index contributed by atoms with van der Waals surface area (Å²) < 4.78 is 5.05. The van der Waals surface area contributed by atoms with Crippen LogP contribution in [-0.4, -0.2) is 29.8 Å². The molecule has 0 fully saturated rings. The summed E-state index contributed by atoms with van der Waals surface area (Å²) in [5.74, 6) is -0.703. The second-order valence-corrected chi connectivity index (χ2v) is 7.67. The fourth-order valence-electron chi connectivity index (χ4n) is 3.05. The van der Waals surface area contributed by atoms with Crippen molar-refractivity contribution in [3.8, 4) is 0 Å².